The van der Waals surface area contributed by atoms with Crippen LogP contribution in [0.2, 0.25) is 0 Å². The molecular weight excluding hydrogens is 308 g/mol. The molecule has 0 saturated carbocycles. The van der Waals surface area contributed by atoms with E-state index >= 15 is 0 Å². The van der Waals surface area contributed by atoms with Crippen molar-refractivity contribution in [3.05, 3.63) is 30.0 Å². The molecule has 1 saturated heterocycles. The zero-order chi connectivity index (χ0) is 15.0. The van der Waals surface area contributed by atoms with Gasteiger partial charge in [0.05, 0.1) is 0 Å². The van der Waals surface area contributed by atoms with Crippen LogP contribution in [0.1, 0.15) is 18.5 Å². The molecule has 4 nitrogen and oxygen atoms in total. The Morgan fingerprint density at radius 2 is 1.81 bits per heavy atom. The van der Waals surface area contributed by atoms with Crippen molar-refractivity contribution in [2.45, 2.75) is 31.2 Å². The van der Waals surface area contributed by atoms with E-state index in [1.165, 1.54) is 12.8 Å². The zero-order valence-electron chi connectivity index (χ0n) is 12.0. The molecule has 0 unspecified atom stereocenters. The van der Waals surface area contributed by atoms with Gasteiger partial charge in [0, 0.05) is 40.4 Å². The lowest BCUT2D eigenvalue weighted by atomic mass is 10.2. The zero-order valence-corrected chi connectivity index (χ0v) is 13.6. The van der Waals surface area contributed by atoms with Gasteiger partial charge in [0.2, 0.25) is 0 Å². The summed E-state index contributed by atoms with van der Waals surface area (Å²) < 4.78 is 25.8. The molecule has 1 aromatic carbocycles. The summed E-state index contributed by atoms with van der Waals surface area (Å²) in [5.41, 5.74) is 1.67. The van der Waals surface area contributed by atoms with E-state index < -0.39 is 9.05 Å². The van der Waals surface area contributed by atoms with Gasteiger partial charge in [-0.15, -0.1) is 0 Å². The predicted octanol–water partition coefficient (Wildman–Crippen LogP) is 2.97. The van der Waals surface area contributed by atoms with Crippen LogP contribution < -0.4 is 0 Å². The lowest BCUT2D eigenvalue weighted by Crippen LogP contribution is -2.24. The number of benzene rings is 1. The van der Waals surface area contributed by atoms with E-state index in [4.69, 9.17) is 10.7 Å². The van der Waals surface area contributed by atoms with Gasteiger partial charge in [-0.25, -0.2) is 8.42 Å². The van der Waals surface area contributed by atoms with Gasteiger partial charge in [-0.05, 0) is 38.9 Å². The predicted molar refractivity (Wildman–Crippen MR) is 85.4 cm³/mol. The first-order chi connectivity index (χ1) is 9.98. The monoisotopic (exact) mass is 326 g/mol. The molecule has 1 fully saturated rings. The number of rotatable bonds is 4. The van der Waals surface area contributed by atoms with Crippen LogP contribution in [0.4, 0.5) is 0 Å². The first-order valence-corrected chi connectivity index (χ1v) is 9.54. The van der Waals surface area contributed by atoms with Crippen LogP contribution in [0, 0.1) is 6.92 Å². The third-order valence-corrected chi connectivity index (χ3v) is 5.72. The van der Waals surface area contributed by atoms with Crippen molar-refractivity contribution in [3.63, 3.8) is 0 Å². The van der Waals surface area contributed by atoms with Gasteiger partial charge in [-0.3, -0.25) is 0 Å². The van der Waals surface area contributed by atoms with Crippen molar-refractivity contribution in [2.24, 2.45) is 0 Å². The van der Waals surface area contributed by atoms with E-state index in [9.17, 15) is 8.42 Å². The SMILES string of the molecule is Cc1c(S(=O)(=O)Cl)c2ccccc2n1CCN1CCCC1. The Morgan fingerprint density at radius 3 is 2.48 bits per heavy atom. The number of fused-ring (bicyclic) bond motifs is 1. The quantitative estimate of drug-likeness (QED) is 0.811. The highest BCUT2D eigenvalue weighted by Gasteiger charge is 2.23. The lowest BCUT2D eigenvalue weighted by molar-refractivity contribution is 0.323. The summed E-state index contributed by atoms with van der Waals surface area (Å²) in [5, 5.41) is 0.714. The highest BCUT2D eigenvalue weighted by atomic mass is 35.7. The largest absolute Gasteiger partial charge is 0.342 e. The maximum absolute atomic E-state index is 11.9. The van der Waals surface area contributed by atoms with Crippen molar-refractivity contribution in [1.29, 1.82) is 0 Å². The molecule has 3 rings (SSSR count). The van der Waals surface area contributed by atoms with Crippen molar-refractivity contribution in [2.75, 3.05) is 19.6 Å². The van der Waals surface area contributed by atoms with E-state index in [-0.39, 0.29) is 4.90 Å². The Balaban J connectivity index is 2.03. The van der Waals surface area contributed by atoms with E-state index in [1.54, 1.807) is 0 Å². The molecule has 114 valence electrons. The minimum atomic E-state index is -3.74. The van der Waals surface area contributed by atoms with Gasteiger partial charge in [0.15, 0.2) is 0 Å². The fourth-order valence-corrected chi connectivity index (χ4v) is 4.73. The molecular formula is C15H19ClN2O2S. The van der Waals surface area contributed by atoms with Crippen LogP contribution in [0.15, 0.2) is 29.2 Å². The van der Waals surface area contributed by atoms with Crippen LogP contribution in [-0.2, 0) is 15.6 Å². The summed E-state index contributed by atoms with van der Waals surface area (Å²) in [4.78, 5) is 2.67. The molecule has 2 aromatic rings. The number of hydrogen-bond acceptors (Lipinski definition) is 3. The highest BCUT2D eigenvalue weighted by molar-refractivity contribution is 8.14. The van der Waals surface area contributed by atoms with Crippen molar-refractivity contribution in [1.82, 2.24) is 9.47 Å². The van der Waals surface area contributed by atoms with Crippen LogP contribution in [0.5, 0.6) is 0 Å². The normalized spacial score (nSPS) is 16.9. The maximum atomic E-state index is 11.9. The summed E-state index contributed by atoms with van der Waals surface area (Å²) in [6, 6.07) is 7.55. The van der Waals surface area contributed by atoms with E-state index in [0.29, 0.717) is 5.39 Å². The van der Waals surface area contributed by atoms with E-state index in [0.717, 1.165) is 37.4 Å². The third kappa shape index (κ3) is 2.82. The van der Waals surface area contributed by atoms with E-state index in [2.05, 4.69) is 9.47 Å². The molecule has 1 aliphatic rings. The van der Waals surface area contributed by atoms with Gasteiger partial charge < -0.3 is 9.47 Å². The molecule has 21 heavy (non-hydrogen) atoms. The lowest BCUT2D eigenvalue weighted by Gasteiger charge is -2.16. The van der Waals surface area contributed by atoms with Crippen LogP contribution in [0.3, 0.4) is 0 Å². The fraction of sp³-hybridized carbons (Fsp3) is 0.467. The van der Waals surface area contributed by atoms with E-state index in [1.807, 2.05) is 31.2 Å². The fourth-order valence-electron chi connectivity index (χ4n) is 3.24. The summed E-state index contributed by atoms with van der Waals surface area (Å²) >= 11 is 0. The molecule has 0 N–H and O–H groups in total. The number of aromatic nitrogens is 1. The van der Waals surface area contributed by atoms with Crippen LogP contribution in [-0.4, -0.2) is 37.5 Å². The Labute approximate surface area is 129 Å². The second-order valence-corrected chi connectivity index (χ2v) is 8.07. The van der Waals surface area contributed by atoms with Crippen molar-refractivity contribution in [3.8, 4) is 0 Å². The summed E-state index contributed by atoms with van der Waals surface area (Å²) in [6.45, 7) is 5.84. The minimum Gasteiger partial charge on any atom is -0.342 e. The average molecular weight is 327 g/mol. The number of hydrogen-bond donors (Lipinski definition) is 0. The molecule has 6 heteroatoms. The second kappa shape index (κ2) is 5.63. The van der Waals surface area contributed by atoms with Crippen molar-refractivity contribution < 1.29 is 8.42 Å². The summed E-state index contributed by atoms with van der Waals surface area (Å²) in [6.07, 6.45) is 2.51. The Bertz CT molecular complexity index is 761. The molecule has 1 aromatic heterocycles. The number of nitrogens with zero attached hydrogens (tertiary/aromatic N) is 2. The number of para-hydroxylation sites is 1. The second-order valence-electron chi connectivity index (χ2n) is 5.57. The molecule has 0 aliphatic carbocycles. The molecule has 0 amide bonds. The van der Waals surface area contributed by atoms with Crippen molar-refractivity contribution >= 4 is 30.6 Å². The Morgan fingerprint density at radius 1 is 1.14 bits per heavy atom. The highest BCUT2D eigenvalue weighted by Crippen LogP contribution is 2.32. The molecule has 2 heterocycles. The molecule has 0 bridgehead atoms. The Hall–Kier alpha value is -1.04. The topological polar surface area (TPSA) is 42.3 Å². The van der Waals surface area contributed by atoms with Gasteiger partial charge >= 0.3 is 0 Å². The smallest absolute Gasteiger partial charge is 0.263 e. The number of likely N-dealkylation sites (tertiary alicyclic amines) is 1. The maximum Gasteiger partial charge on any atom is 0.263 e. The average Bonchev–Trinajstić information content (AvgIpc) is 3.00. The van der Waals surface area contributed by atoms with Gasteiger partial charge in [0.25, 0.3) is 9.05 Å². The third-order valence-electron chi connectivity index (χ3n) is 4.26. The molecule has 0 spiro atoms. The van der Waals surface area contributed by atoms with Crippen LogP contribution >= 0.6 is 10.7 Å². The standard InChI is InChI=1S/C15H19ClN2O2S/c1-12-15(21(16,19)20)13-6-2-3-7-14(13)18(12)11-10-17-8-4-5-9-17/h2-3,6-7H,4-5,8-11H2,1H3. The minimum absolute atomic E-state index is 0.251. The summed E-state index contributed by atoms with van der Waals surface area (Å²) in [5.74, 6) is 0. The molecule has 0 atom stereocenters. The van der Waals surface area contributed by atoms with Gasteiger partial charge in [-0.1, -0.05) is 18.2 Å². The van der Waals surface area contributed by atoms with Gasteiger partial charge in [-0.2, -0.15) is 0 Å². The first kappa shape index (κ1) is 14.9. The molecule has 1 aliphatic heterocycles. The van der Waals surface area contributed by atoms with Gasteiger partial charge in [0.1, 0.15) is 4.90 Å². The van der Waals surface area contributed by atoms with Crippen LogP contribution in [0.25, 0.3) is 10.9 Å². The Kier molecular flexibility index (Phi) is 3.99. The summed E-state index contributed by atoms with van der Waals surface area (Å²) in [7, 11) is 1.89. The first-order valence-electron chi connectivity index (χ1n) is 7.23. The number of halogens is 1. The molecule has 0 radical (unpaired) electrons.